The molecule has 6 heteroatoms. The molecule has 0 bridgehead atoms. The van der Waals surface area contributed by atoms with E-state index in [0.717, 1.165) is 29.2 Å². The minimum Gasteiger partial charge on any atom is -0.365 e. The van der Waals surface area contributed by atoms with Gasteiger partial charge < -0.3 is 4.90 Å². The van der Waals surface area contributed by atoms with Crippen molar-refractivity contribution in [2.45, 2.75) is 20.0 Å². The molecule has 88 valence electrons. The topological polar surface area (TPSA) is 46.8 Å². The SMILES string of the molecule is CCn1nc2c(n1)-c1ccnc(Cl)c1N(C)C2. The first-order valence-corrected chi connectivity index (χ1v) is 5.88. The van der Waals surface area contributed by atoms with Crippen molar-refractivity contribution < 1.29 is 0 Å². The van der Waals surface area contributed by atoms with Gasteiger partial charge in [0.05, 0.1) is 18.8 Å². The van der Waals surface area contributed by atoms with Crippen LogP contribution in [0.5, 0.6) is 0 Å². The molecular formula is C11H12ClN5. The second kappa shape index (κ2) is 3.70. The molecule has 0 radical (unpaired) electrons. The Bertz CT molecular complexity index is 577. The van der Waals surface area contributed by atoms with Gasteiger partial charge in [-0.25, -0.2) is 4.98 Å². The van der Waals surface area contributed by atoms with Crippen LogP contribution in [0.2, 0.25) is 5.15 Å². The third kappa shape index (κ3) is 1.50. The number of halogens is 1. The van der Waals surface area contributed by atoms with Gasteiger partial charge in [-0.2, -0.15) is 15.0 Å². The van der Waals surface area contributed by atoms with E-state index < -0.39 is 0 Å². The van der Waals surface area contributed by atoms with Gasteiger partial charge in [0, 0.05) is 18.8 Å². The van der Waals surface area contributed by atoms with E-state index in [1.54, 1.807) is 11.0 Å². The number of hydrogen-bond acceptors (Lipinski definition) is 4. The summed E-state index contributed by atoms with van der Waals surface area (Å²) in [7, 11) is 1.99. The van der Waals surface area contributed by atoms with Gasteiger partial charge in [0.25, 0.3) is 0 Å². The highest BCUT2D eigenvalue weighted by molar-refractivity contribution is 6.32. The molecule has 0 atom stereocenters. The van der Waals surface area contributed by atoms with Crippen molar-refractivity contribution in [3.63, 3.8) is 0 Å². The number of aromatic nitrogens is 4. The molecule has 0 unspecified atom stereocenters. The number of rotatable bonds is 1. The smallest absolute Gasteiger partial charge is 0.152 e. The van der Waals surface area contributed by atoms with Crippen LogP contribution in [-0.4, -0.2) is 27.0 Å². The highest BCUT2D eigenvalue weighted by Crippen LogP contribution is 2.39. The van der Waals surface area contributed by atoms with Crippen molar-refractivity contribution in [3.8, 4) is 11.3 Å². The molecule has 0 amide bonds. The van der Waals surface area contributed by atoms with E-state index in [-0.39, 0.29) is 0 Å². The molecule has 3 heterocycles. The molecular weight excluding hydrogens is 238 g/mol. The standard InChI is InChI=1S/C11H12ClN5/c1-3-17-14-8-6-16(2)10-7(9(8)15-17)4-5-13-11(10)12/h4-5H,3,6H2,1-2H3. The molecule has 5 nitrogen and oxygen atoms in total. The van der Waals surface area contributed by atoms with Gasteiger partial charge >= 0.3 is 0 Å². The van der Waals surface area contributed by atoms with E-state index in [0.29, 0.717) is 11.7 Å². The zero-order chi connectivity index (χ0) is 12.0. The van der Waals surface area contributed by atoms with Crippen molar-refractivity contribution in [1.82, 2.24) is 20.0 Å². The second-order valence-corrected chi connectivity index (χ2v) is 4.40. The van der Waals surface area contributed by atoms with Gasteiger partial charge in [-0.15, -0.1) is 0 Å². The largest absolute Gasteiger partial charge is 0.365 e. The molecule has 2 aromatic rings. The lowest BCUT2D eigenvalue weighted by Crippen LogP contribution is -2.22. The van der Waals surface area contributed by atoms with Crippen molar-refractivity contribution in [2.24, 2.45) is 0 Å². The molecule has 17 heavy (non-hydrogen) atoms. The predicted molar refractivity (Wildman–Crippen MR) is 66.0 cm³/mol. The summed E-state index contributed by atoms with van der Waals surface area (Å²) in [4.78, 5) is 7.88. The maximum absolute atomic E-state index is 6.14. The van der Waals surface area contributed by atoms with Crippen LogP contribution in [0.3, 0.4) is 0 Å². The van der Waals surface area contributed by atoms with Gasteiger partial charge in [-0.05, 0) is 13.0 Å². The molecule has 0 spiro atoms. The molecule has 1 aliphatic rings. The zero-order valence-corrected chi connectivity index (χ0v) is 10.4. The number of anilines is 1. The molecule has 0 aliphatic carbocycles. The van der Waals surface area contributed by atoms with Crippen molar-refractivity contribution in [2.75, 3.05) is 11.9 Å². The number of aryl methyl sites for hydroxylation is 1. The number of pyridine rings is 1. The van der Waals surface area contributed by atoms with Crippen molar-refractivity contribution in [3.05, 3.63) is 23.1 Å². The van der Waals surface area contributed by atoms with E-state index in [1.165, 1.54) is 0 Å². The van der Waals surface area contributed by atoms with E-state index in [1.807, 2.05) is 20.0 Å². The van der Waals surface area contributed by atoms with Crippen LogP contribution in [0.1, 0.15) is 12.6 Å². The maximum atomic E-state index is 6.14. The number of fused-ring (bicyclic) bond motifs is 3. The predicted octanol–water partition coefficient (Wildman–Crippen LogP) is 1.96. The van der Waals surface area contributed by atoms with Crippen molar-refractivity contribution >= 4 is 17.3 Å². The van der Waals surface area contributed by atoms with Crippen LogP contribution in [0.15, 0.2) is 12.3 Å². The first-order valence-electron chi connectivity index (χ1n) is 5.50. The summed E-state index contributed by atoms with van der Waals surface area (Å²) in [6, 6.07) is 1.93. The lowest BCUT2D eigenvalue weighted by Gasteiger charge is -2.25. The van der Waals surface area contributed by atoms with Gasteiger partial charge in [-0.1, -0.05) is 11.6 Å². The van der Waals surface area contributed by atoms with Crippen LogP contribution in [0.25, 0.3) is 11.3 Å². The molecule has 2 aromatic heterocycles. The molecule has 0 aromatic carbocycles. The zero-order valence-electron chi connectivity index (χ0n) is 9.68. The van der Waals surface area contributed by atoms with Crippen LogP contribution in [0, 0.1) is 0 Å². The fourth-order valence-electron chi connectivity index (χ4n) is 2.13. The minimum atomic E-state index is 0.515. The Labute approximate surface area is 104 Å². The summed E-state index contributed by atoms with van der Waals surface area (Å²) < 4.78 is 0. The van der Waals surface area contributed by atoms with Crippen molar-refractivity contribution in [1.29, 1.82) is 0 Å². The number of nitrogens with zero attached hydrogens (tertiary/aromatic N) is 5. The highest BCUT2D eigenvalue weighted by atomic mass is 35.5. The summed E-state index contributed by atoms with van der Waals surface area (Å²) in [5.41, 5.74) is 3.85. The summed E-state index contributed by atoms with van der Waals surface area (Å²) in [6.07, 6.45) is 1.70. The van der Waals surface area contributed by atoms with Gasteiger partial charge in [0.1, 0.15) is 11.4 Å². The highest BCUT2D eigenvalue weighted by Gasteiger charge is 2.26. The van der Waals surface area contributed by atoms with E-state index in [4.69, 9.17) is 11.6 Å². The first kappa shape index (κ1) is 10.5. The van der Waals surface area contributed by atoms with E-state index in [2.05, 4.69) is 20.1 Å². The van der Waals surface area contributed by atoms with E-state index >= 15 is 0 Å². The fraction of sp³-hybridized carbons (Fsp3) is 0.364. The average molecular weight is 250 g/mol. The number of hydrogen-bond donors (Lipinski definition) is 0. The van der Waals surface area contributed by atoms with Gasteiger partial charge in [-0.3, -0.25) is 0 Å². The van der Waals surface area contributed by atoms with Crippen LogP contribution < -0.4 is 4.90 Å². The second-order valence-electron chi connectivity index (χ2n) is 4.04. The average Bonchev–Trinajstić information content (AvgIpc) is 2.72. The van der Waals surface area contributed by atoms with E-state index in [9.17, 15) is 0 Å². The Balaban J connectivity index is 2.25. The van der Waals surface area contributed by atoms with Gasteiger partial charge in [0.2, 0.25) is 0 Å². The Morgan fingerprint density at radius 2 is 2.24 bits per heavy atom. The summed E-state index contributed by atoms with van der Waals surface area (Å²) in [5.74, 6) is 0. The fourth-order valence-corrected chi connectivity index (χ4v) is 2.43. The minimum absolute atomic E-state index is 0.515. The molecule has 0 saturated carbocycles. The lowest BCUT2D eigenvalue weighted by atomic mass is 10.1. The Morgan fingerprint density at radius 3 is 3.00 bits per heavy atom. The molecule has 0 saturated heterocycles. The Hall–Kier alpha value is -1.62. The normalized spacial score (nSPS) is 13.5. The molecule has 1 aliphatic heterocycles. The monoisotopic (exact) mass is 249 g/mol. The van der Waals surface area contributed by atoms with Gasteiger partial charge in [0.15, 0.2) is 5.15 Å². The van der Waals surface area contributed by atoms with Crippen LogP contribution in [0.4, 0.5) is 5.69 Å². The molecule has 0 N–H and O–H groups in total. The maximum Gasteiger partial charge on any atom is 0.152 e. The van der Waals surface area contributed by atoms with Crippen LogP contribution >= 0.6 is 11.6 Å². The third-order valence-corrected chi connectivity index (χ3v) is 3.19. The molecule has 3 rings (SSSR count). The summed E-state index contributed by atoms with van der Waals surface area (Å²) in [5, 5.41) is 9.44. The summed E-state index contributed by atoms with van der Waals surface area (Å²) >= 11 is 6.14. The van der Waals surface area contributed by atoms with Crippen LogP contribution in [-0.2, 0) is 13.1 Å². The lowest BCUT2D eigenvalue weighted by molar-refractivity contribution is 0.565. The first-order chi connectivity index (χ1) is 8.20. The quantitative estimate of drug-likeness (QED) is 0.725. The Morgan fingerprint density at radius 1 is 1.41 bits per heavy atom. The Kier molecular flexibility index (Phi) is 2.29. The molecule has 0 fully saturated rings. The summed E-state index contributed by atoms with van der Waals surface area (Å²) in [6.45, 7) is 3.51. The third-order valence-electron chi connectivity index (χ3n) is 2.91.